The largest absolute Gasteiger partial charge is 0.370 e. The number of nitrogens with zero attached hydrogens (tertiary/aromatic N) is 1. The van der Waals surface area contributed by atoms with E-state index in [2.05, 4.69) is 0 Å². The summed E-state index contributed by atoms with van der Waals surface area (Å²) in [4.78, 5) is 13.7. The van der Waals surface area contributed by atoms with Gasteiger partial charge in [0.1, 0.15) is 11.6 Å². The van der Waals surface area contributed by atoms with Crippen LogP contribution >= 0.6 is 0 Å². The van der Waals surface area contributed by atoms with E-state index in [-0.39, 0.29) is 23.6 Å². The zero-order chi connectivity index (χ0) is 15.5. The van der Waals surface area contributed by atoms with Gasteiger partial charge in [-0.25, -0.2) is 8.78 Å². The Morgan fingerprint density at radius 1 is 1.09 bits per heavy atom. The molecule has 2 aromatic rings. The maximum atomic E-state index is 13.0. The van der Waals surface area contributed by atoms with E-state index in [9.17, 15) is 13.6 Å². The fourth-order valence-corrected chi connectivity index (χ4v) is 2.33. The van der Waals surface area contributed by atoms with E-state index < -0.39 is 0 Å². The van der Waals surface area contributed by atoms with Crippen molar-refractivity contribution in [3.05, 3.63) is 71.3 Å². The molecule has 22 heavy (non-hydrogen) atoms. The number of hydrogen-bond donors (Lipinski definition) is 0. The first kappa shape index (κ1) is 14.7. The molecule has 1 heterocycles. The summed E-state index contributed by atoms with van der Waals surface area (Å²) in [7, 11) is 0. The molecule has 1 fully saturated rings. The van der Waals surface area contributed by atoms with E-state index in [0.717, 1.165) is 5.56 Å². The monoisotopic (exact) mass is 303 g/mol. The molecule has 0 N–H and O–H groups in total. The van der Waals surface area contributed by atoms with Crippen molar-refractivity contribution >= 4 is 5.91 Å². The average Bonchev–Trinajstić information content (AvgIpc) is 2.46. The standard InChI is InChI=1S/C17H15F2NO2/c18-14-6-4-13(5-7-14)17(21)20-9-16(10-20)22-11-12-2-1-3-15(19)8-12/h1-8,16H,9-11H2. The Morgan fingerprint density at radius 2 is 1.82 bits per heavy atom. The highest BCUT2D eigenvalue weighted by Crippen LogP contribution is 2.18. The van der Waals surface area contributed by atoms with Crippen molar-refractivity contribution in [2.45, 2.75) is 12.7 Å². The normalized spacial score (nSPS) is 14.7. The molecule has 1 aliphatic heterocycles. The second kappa shape index (κ2) is 6.23. The molecule has 0 bridgehead atoms. The van der Waals surface area contributed by atoms with Gasteiger partial charge in [-0.15, -0.1) is 0 Å². The predicted molar refractivity (Wildman–Crippen MR) is 77.3 cm³/mol. The van der Waals surface area contributed by atoms with Crippen molar-refractivity contribution in [3.8, 4) is 0 Å². The molecule has 1 amide bonds. The number of halogens is 2. The van der Waals surface area contributed by atoms with Gasteiger partial charge in [0.25, 0.3) is 5.91 Å². The molecule has 5 heteroatoms. The topological polar surface area (TPSA) is 29.5 Å². The van der Waals surface area contributed by atoms with E-state index in [1.807, 2.05) is 0 Å². The van der Waals surface area contributed by atoms with Crippen molar-refractivity contribution in [1.29, 1.82) is 0 Å². The molecule has 2 aromatic carbocycles. The number of ether oxygens (including phenoxy) is 1. The molecule has 3 nitrogen and oxygen atoms in total. The molecule has 3 rings (SSSR count). The maximum absolute atomic E-state index is 13.0. The minimum atomic E-state index is -0.364. The van der Waals surface area contributed by atoms with Gasteiger partial charge < -0.3 is 9.64 Å². The third kappa shape index (κ3) is 3.31. The fraction of sp³-hybridized carbons (Fsp3) is 0.235. The van der Waals surface area contributed by atoms with Crippen molar-refractivity contribution in [2.24, 2.45) is 0 Å². The number of carbonyl (C=O) groups is 1. The second-order valence-electron chi connectivity index (χ2n) is 5.28. The number of benzene rings is 2. The van der Waals surface area contributed by atoms with Crippen molar-refractivity contribution in [1.82, 2.24) is 4.90 Å². The fourth-order valence-electron chi connectivity index (χ4n) is 2.33. The van der Waals surface area contributed by atoms with Crippen LogP contribution in [-0.2, 0) is 11.3 Å². The lowest BCUT2D eigenvalue weighted by atomic mass is 10.1. The van der Waals surface area contributed by atoms with Crippen LogP contribution in [0.1, 0.15) is 15.9 Å². The Hall–Kier alpha value is -2.27. The first-order valence-electron chi connectivity index (χ1n) is 7.03. The zero-order valence-electron chi connectivity index (χ0n) is 11.8. The van der Waals surface area contributed by atoms with E-state index in [1.54, 1.807) is 17.0 Å². The minimum Gasteiger partial charge on any atom is -0.370 e. The lowest BCUT2D eigenvalue weighted by molar-refractivity contribution is -0.0503. The highest BCUT2D eigenvalue weighted by Gasteiger charge is 2.31. The zero-order valence-corrected chi connectivity index (χ0v) is 11.8. The second-order valence-corrected chi connectivity index (χ2v) is 5.28. The van der Waals surface area contributed by atoms with Gasteiger partial charge in [-0.3, -0.25) is 4.79 Å². The first-order valence-corrected chi connectivity index (χ1v) is 7.03. The lowest BCUT2D eigenvalue weighted by Gasteiger charge is -2.39. The molecule has 0 unspecified atom stereocenters. The van der Waals surface area contributed by atoms with E-state index in [1.165, 1.54) is 36.4 Å². The van der Waals surface area contributed by atoms with Crippen molar-refractivity contribution in [2.75, 3.05) is 13.1 Å². The van der Waals surface area contributed by atoms with Gasteiger partial charge in [0.05, 0.1) is 12.7 Å². The van der Waals surface area contributed by atoms with Gasteiger partial charge >= 0.3 is 0 Å². The lowest BCUT2D eigenvalue weighted by Crippen LogP contribution is -2.54. The van der Waals surface area contributed by atoms with Gasteiger partial charge in [-0.1, -0.05) is 12.1 Å². The summed E-state index contributed by atoms with van der Waals surface area (Å²) in [5, 5.41) is 0. The third-order valence-corrected chi connectivity index (χ3v) is 3.60. The Morgan fingerprint density at radius 3 is 2.50 bits per heavy atom. The van der Waals surface area contributed by atoms with Crippen LogP contribution in [0.15, 0.2) is 48.5 Å². The third-order valence-electron chi connectivity index (χ3n) is 3.60. The molecule has 0 spiro atoms. The highest BCUT2D eigenvalue weighted by molar-refractivity contribution is 5.94. The summed E-state index contributed by atoms with van der Waals surface area (Å²) in [6.07, 6.45) is -0.0485. The van der Waals surface area contributed by atoms with Crippen LogP contribution in [0, 0.1) is 11.6 Å². The number of likely N-dealkylation sites (tertiary alicyclic amines) is 1. The van der Waals surface area contributed by atoms with E-state index in [0.29, 0.717) is 25.3 Å². The predicted octanol–water partition coefficient (Wildman–Crippen LogP) is 3.01. The molecule has 0 atom stereocenters. The summed E-state index contributed by atoms with van der Waals surface area (Å²) in [6.45, 7) is 1.30. The number of amides is 1. The van der Waals surface area contributed by atoms with Crippen LogP contribution in [0.25, 0.3) is 0 Å². The molecule has 0 radical (unpaired) electrons. The Kier molecular flexibility index (Phi) is 4.15. The van der Waals surface area contributed by atoms with Gasteiger partial charge in [0, 0.05) is 18.7 Å². The van der Waals surface area contributed by atoms with Gasteiger partial charge in [0.2, 0.25) is 0 Å². The molecule has 1 saturated heterocycles. The molecule has 114 valence electrons. The van der Waals surface area contributed by atoms with Crippen LogP contribution in [0.2, 0.25) is 0 Å². The maximum Gasteiger partial charge on any atom is 0.254 e. The van der Waals surface area contributed by atoms with Gasteiger partial charge in [0.15, 0.2) is 0 Å². The van der Waals surface area contributed by atoms with Crippen molar-refractivity contribution in [3.63, 3.8) is 0 Å². The molecule has 0 saturated carbocycles. The Balaban J connectivity index is 1.47. The van der Waals surface area contributed by atoms with Crippen LogP contribution in [0.3, 0.4) is 0 Å². The molecule has 0 aromatic heterocycles. The Bertz CT molecular complexity index is 667. The van der Waals surface area contributed by atoms with Crippen LogP contribution in [0.5, 0.6) is 0 Å². The van der Waals surface area contributed by atoms with Crippen LogP contribution in [-0.4, -0.2) is 30.0 Å². The number of carbonyl (C=O) groups excluding carboxylic acids is 1. The Labute approximate surface area is 127 Å². The molecular weight excluding hydrogens is 288 g/mol. The first-order chi connectivity index (χ1) is 10.6. The van der Waals surface area contributed by atoms with Crippen molar-refractivity contribution < 1.29 is 18.3 Å². The molecule has 0 aliphatic carbocycles. The van der Waals surface area contributed by atoms with Gasteiger partial charge in [-0.05, 0) is 42.0 Å². The molecule has 1 aliphatic rings. The highest BCUT2D eigenvalue weighted by atomic mass is 19.1. The summed E-state index contributed by atoms with van der Waals surface area (Å²) in [5.41, 5.74) is 1.23. The summed E-state index contributed by atoms with van der Waals surface area (Å²) in [6, 6.07) is 11.7. The van der Waals surface area contributed by atoms with Crippen LogP contribution < -0.4 is 0 Å². The number of rotatable bonds is 4. The summed E-state index contributed by atoms with van der Waals surface area (Å²) < 4.78 is 31.5. The minimum absolute atomic E-state index is 0.0485. The molecular formula is C17H15F2NO2. The smallest absolute Gasteiger partial charge is 0.254 e. The quantitative estimate of drug-likeness (QED) is 0.869. The number of hydrogen-bond acceptors (Lipinski definition) is 2. The SMILES string of the molecule is O=C(c1ccc(F)cc1)N1CC(OCc2cccc(F)c2)C1. The van der Waals surface area contributed by atoms with Gasteiger partial charge in [-0.2, -0.15) is 0 Å². The average molecular weight is 303 g/mol. The van der Waals surface area contributed by atoms with E-state index in [4.69, 9.17) is 4.74 Å². The van der Waals surface area contributed by atoms with Crippen LogP contribution in [0.4, 0.5) is 8.78 Å². The summed E-state index contributed by atoms with van der Waals surface area (Å²) in [5.74, 6) is -0.787. The summed E-state index contributed by atoms with van der Waals surface area (Å²) >= 11 is 0. The van der Waals surface area contributed by atoms with E-state index >= 15 is 0 Å².